The quantitative estimate of drug-likeness (QED) is 0.707. The van der Waals surface area contributed by atoms with Crippen LogP contribution in [-0.4, -0.2) is 22.1 Å². The first-order chi connectivity index (χ1) is 11.6. The number of nitrogens with zero attached hydrogens (tertiary/aromatic N) is 2. The van der Waals surface area contributed by atoms with E-state index in [1.165, 1.54) is 43.1 Å². The first-order valence-electron chi connectivity index (χ1n) is 7.98. The van der Waals surface area contributed by atoms with Crippen LogP contribution in [0.1, 0.15) is 48.9 Å². The lowest BCUT2D eigenvalue weighted by Crippen LogP contribution is -2.17. The summed E-state index contributed by atoms with van der Waals surface area (Å²) >= 11 is 13.1. The fourth-order valence-corrected chi connectivity index (χ4v) is 3.75. The SMILES string of the molecule is O=C(Nc1nnc(NC2CCCCCC2)s1)c1ccc(Cl)c(Cl)c1. The van der Waals surface area contributed by atoms with Crippen molar-refractivity contribution in [1.82, 2.24) is 10.2 Å². The Kier molecular flexibility index (Phi) is 5.92. The van der Waals surface area contributed by atoms with Crippen molar-refractivity contribution in [3.8, 4) is 0 Å². The predicted molar refractivity (Wildman–Crippen MR) is 99.4 cm³/mol. The summed E-state index contributed by atoms with van der Waals surface area (Å²) in [5.74, 6) is -0.286. The van der Waals surface area contributed by atoms with E-state index in [1.54, 1.807) is 12.1 Å². The molecular formula is C16H18Cl2N4OS. The van der Waals surface area contributed by atoms with Crippen molar-refractivity contribution in [1.29, 1.82) is 0 Å². The molecule has 1 fully saturated rings. The zero-order valence-electron chi connectivity index (χ0n) is 13.0. The number of anilines is 2. The molecule has 1 aromatic carbocycles. The highest BCUT2D eigenvalue weighted by atomic mass is 35.5. The number of benzene rings is 1. The number of carbonyl (C=O) groups excluding carboxylic acids is 1. The summed E-state index contributed by atoms with van der Waals surface area (Å²) in [7, 11) is 0. The van der Waals surface area contributed by atoms with Crippen molar-refractivity contribution in [3.63, 3.8) is 0 Å². The molecule has 0 atom stereocenters. The lowest BCUT2D eigenvalue weighted by Gasteiger charge is -2.14. The Morgan fingerprint density at radius 1 is 1.04 bits per heavy atom. The zero-order valence-corrected chi connectivity index (χ0v) is 15.3. The molecule has 1 heterocycles. The average Bonchev–Trinajstić information content (AvgIpc) is 2.83. The average molecular weight is 385 g/mol. The van der Waals surface area contributed by atoms with Crippen molar-refractivity contribution >= 4 is 50.7 Å². The minimum absolute atomic E-state index is 0.286. The molecule has 0 spiro atoms. The van der Waals surface area contributed by atoms with Crippen LogP contribution >= 0.6 is 34.5 Å². The summed E-state index contributed by atoms with van der Waals surface area (Å²) in [6.07, 6.45) is 7.42. The van der Waals surface area contributed by atoms with Crippen LogP contribution in [0.2, 0.25) is 10.0 Å². The van der Waals surface area contributed by atoms with Gasteiger partial charge in [-0.2, -0.15) is 0 Å². The van der Waals surface area contributed by atoms with E-state index in [2.05, 4.69) is 20.8 Å². The fourth-order valence-electron chi connectivity index (χ4n) is 2.74. The Morgan fingerprint density at radius 2 is 1.75 bits per heavy atom. The number of hydrogen-bond donors (Lipinski definition) is 2. The molecule has 2 N–H and O–H groups in total. The van der Waals surface area contributed by atoms with E-state index in [1.807, 2.05) is 0 Å². The van der Waals surface area contributed by atoms with E-state index in [0.717, 1.165) is 18.0 Å². The first-order valence-corrected chi connectivity index (χ1v) is 9.55. The molecular weight excluding hydrogens is 367 g/mol. The van der Waals surface area contributed by atoms with Gasteiger partial charge in [0.05, 0.1) is 10.0 Å². The van der Waals surface area contributed by atoms with Gasteiger partial charge in [-0.1, -0.05) is 60.2 Å². The lowest BCUT2D eigenvalue weighted by molar-refractivity contribution is 0.102. The number of halogens is 2. The third kappa shape index (κ3) is 4.59. The first kappa shape index (κ1) is 17.5. The molecule has 1 aliphatic rings. The summed E-state index contributed by atoms with van der Waals surface area (Å²) in [4.78, 5) is 12.2. The van der Waals surface area contributed by atoms with E-state index in [9.17, 15) is 4.79 Å². The van der Waals surface area contributed by atoms with Crippen molar-refractivity contribution in [2.45, 2.75) is 44.6 Å². The number of carbonyl (C=O) groups is 1. The van der Waals surface area contributed by atoms with Gasteiger partial charge in [0.25, 0.3) is 5.91 Å². The molecule has 3 rings (SSSR count). The monoisotopic (exact) mass is 384 g/mol. The number of nitrogens with one attached hydrogen (secondary N) is 2. The summed E-state index contributed by atoms with van der Waals surface area (Å²) in [6.45, 7) is 0. The van der Waals surface area contributed by atoms with Crippen LogP contribution in [0.3, 0.4) is 0 Å². The molecule has 24 heavy (non-hydrogen) atoms. The highest BCUT2D eigenvalue weighted by molar-refractivity contribution is 7.19. The van der Waals surface area contributed by atoms with Crippen LogP contribution in [-0.2, 0) is 0 Å². The fraction of sp³-hybridized carbons (Fsp3) is 0.438. The Bertz CT molecular complexity index is 714. The zero-order chi connectivity index (χ0) is 16.9. The van der Waals surface area contributed by atoms with Crippen molar-refractivity contribution in [2.75, 3.05) is 10.6 Å². The van der Waals surface area contributed by atoms with E-state index < -0.39 is 0 Å². The third-order valence-electron chi connectivity index (χ3n) is 4.01. The van der Waals surface area contributed by atoms with Crippen molar-refractivity contribution < 1.29 is 4.79 Å². The van der Waals surface area contributed by atoms with Gasteiger partial charge < -0.3 is 5.32 Å². The Hall–Kier alpha value is -1.37. The molecule has 1 amide bonds. The molecule has 0 saturated heterocycles. The molecule has 0 aliphatic heterocycles. The molecule has 1 saturated carbocycles. The van der Waals surface area contributed by atoms with E-state index >= 15 is 0 Å². The lowest BCUT2D eigenvalue weighted by atomic mass is 10.1. The van der Waals surface area contributed by atoms with Gasteiger partial charge in [0.1, 0.15) is 0 Å². The molecule has 5 nitrogen and oxygen atoms in total. The highest BCUT2D eigenvalue weighted by Crippen LogP contribution is 2.26. The minimum atomic E-state index is -0.286. The van der Waals surface area contributed by atoms with Gasteiger partial charge in [-0.05, 0) is 31.0 Å². The normalized spacial score (nSPS) is 15.8. The molecule has 2 aromatic rings. The van der Waals surface area contributed by atoms with Gasteiger partial charge in [0.2, 0.25) is 10.3 Å². The van der Waals surface area contributed by atoms with E-state index in [0.29, 0.717) is 26.8 Å². The minimum Gasteiger partial charge on any atom is -0.357 e. The highest BCUT2D eigenvalue weighted by Gasteiger charge is 2.15. The second-order valence-electron chi connectivity index (χ2n) is 5.83. The van der Waals surface area contributed by atoms with Crippen LogP contribution < -0.4 is 10.6 Å². The number of rotatable bonds is 4. The van der Waals surface area contributed by atoms with Crippen molar-refractivity contribution in [3.05, 3.63) is 33.8 Å². The maximum atomic E-state index is 12.2. The molecule has 1 aromatic heterocycles. The number of amides is 1. The third-order valence-corrected chi connectivity index (χ3v) is 5.52. The standard InChI is InChI=1S/C16H18Cl2N4OS/c17-12-8-7-10(9-13(12)18)14(23)20-16-22-21-15(24-16)19-11-5-3-1-2-4-6-11/h7-9,11H,1-6H2,(H,19,21)(H,20,22,23). The van der Waals surface area contributed by atoms with Crippen molar-refractivity contribution in [2.24, 2.45) is 0 Å². The van der Waals surface area contributed by atoms with Gasteiger partial charge in [-0.25, -0.2) is 0 Å². The topological polar surface area (TPSA) is 66.9 Å². The second-order valence-corrected chi connectivity index (χ2v) is 7.62. The molecule has 0 radical (unpaired) electrons. The summed E-state index contributed by atoms with van der Waals surface area (Å²) < 4.78 is 0. The van der Waals surface area contributed by atoms with Gasteiger partial charge in [-0.3, -0.25) is 10.1 Å². The Balaban J connectivity index is 1.60. The van der Waals surface area contributed by atoms with Gasteiger partial charge >= 0.3 is 0 Å². The second kappa shape index (κ2) is 8.14. The van der Waals surface area contributed by atoms with Crippen LogP contribution in [0.15, 0.2) is 18.2 Å². The number of aromatic nitrogens is 2. The smallest absolute Gasteiger partial charge is 0.257 e. The Morgan fingerprint density at radius 3 is 2.46 bits per heavy atom. The number of hydrogen-bond acceptors (Lipinski definition) is 5. The maximum absolute atomic E-state index is 12.2. The molecule has 0 bridgehead atoms. The summed E-state index contributed by atoms with van der Waals surface area (Å²) in [5, 5.41) is 16.3. The van der Waals surface area contributed by atoms with Gasteiger partial charge in [0.15, 0.2) is 0 Å². The van der Waals surface area contributed by atoms with Crippen LogP contribution in [0.5, 0.6) is 0 Å². The molecule has 128 valence electrons. The Labute approximate surface area is 154 Å². The molecule has 8 heteroatoms. The molecule has 1 aliphatic carbocycles. The van der Waals surface area contributed by atoms with E-state index in [4.69, 9.17) is 23.2 Å². The van der Waals surface area contributed by atoms with Crippen LogP contribution in [0.4, 0.5) is 10.3 Å². The molecule has 0 unspecified atom stereocenters. The van der Waals surface area contributed by atoms with E-state index in [-0.39, 0.29) is 5.91 Å². The predicted octanol–water partition coefficient (Wildman–Crippen LogP) is 5.23. The maximum Gasteiger partial charge on any atom is 0.257 e. The summed E-state index contributed by atoms with van der Waals surface area (Å²) in [6, 6.07) is 5.19. The largest absolute Gasteiger partial charge is 0.357 e. The van der Waals surface area contributed by atoms with Gasteiger partial charge in [-0.15, -0.1) is 10.2 Å². The van der Waals surface area contributed by atoms with Gasteiger partial charge in [0, 0.05) is 11.6 Å². The van der Waals surface area contributed by atoms with Crippen LogP contribution in [0.25, 0.3) is 0 Å². The summed E-state index contributed by atoms with van der Waals surface area (Å²) in [5.41, 5.74) is 0.429. The van der Waals surface area contributed by atoms with Crippen LogP contribution in [0, 0.1) is 0 Å².